The number of benzene rings is 1. The number of para-hydroxylation sites is 1. The Kier molecular flexibility index (Phi) is 4.47. The first-order chi connectivity index (χ1) is 9.01. The van der Waals surface area contributed by atoms with Gasteiger partial charge in [-0.05, 0) is 31.5 Å². The van der Waals surface area contributed by atoms with Gasteiger partial charge < -0.3 is 10.2 Å². The van der Waals surface area contributed by atoms with Crippen LogP contribution in [0.25, 0.3) is 0 Å². The summed E-state index contributed by atoms with van der Waals surface area (Å²) in [6.07, 6.45) is 3.46. The van der Waals surface area contributed by atoms with E-state index in [2.05, 4.69) is 22.3 Å². The summed E-state index contributed by atoms with van der Waals surface area (Å²) in [5, 5.41) is 3.35. The van der Waals surface area contributed by atoms with Crippen molar-refractivity contribution in [3.05, 3.63) is 29.8 Å². The third-order valence-electron chi connectivity index (χ3n) is 3.65. The SMILES string of the molecule is CNC1CCCN(CCS(C)(=O)=O)c2ccccc21. The highest BCUT2D eigenvalue weighted by Crippen LogP contribution is 2.32. The fourth-order valence-corrected chi connectivity index (χ4v) is 3.19. The number of fused-ring (bicyclic) bond motifs is 1. The summed E-state index contributed by atoms with van der Waals surface area (Å²) < 4.78 is 22.7. The predicted octanol–water partition coefficient (Wildman–Crippen LogP) is 1.59. The van der Waals surface area contributed by atoms with Gasteiger partial charge in [0.05, 0.1) is 5.75 Å². The molecule has 19 heavy (non-hydrogen) atoms. The molecule has 0 spiro atoms. The van der Waals surface area contributed by atoms with Gasteiger partial charge in [0.15, 0.2) is 0 Å². The highest BCUT2D eigenvalue weighted by atomic mass is 32.2. The first-order valence-electron chi connectivity index (χ1n) is 6.70. The second-order valence-corrected chi connectivity index (χ2v) is 7.42. The number of sulfone groups is 1. The molecule has 0 radical (unpaired) electrons. The Hall–Kier alpha value is -1.07. The molecule has 0 saturated carbocycles. The maximum atomic E-state index is 11.4. The molecule has 0 aliphatic carbocycles. The zero-order valence-corrected chi connectivity index (χ0v) is 12.4. The van der Waals surface area contributed by atoms with Crippen molar-refractivity contribution >= 4 is 15.5 Å². The van der Waals surface area contributed by atoms with Crippen molar-refractivity contribution in [3.8, 4) is 0 Å². The molecular formula is C14H22N2O2S. The van der Waals surface area contributed by atoms with Crippen molar-refractivity contribution in [1.82, 2.24) is 5.32 Å². The third-order valence-corrected chi connectivity index (χ3v) is 4.58. The third kappa shape index (κ3) is 3.70. The number of nitrogens with one attached hydrogen (secondary N) is 1. The number of nitrogens with zero attached hydrogens (tertiary/aromatic N) is 1. The van der Waals surface area contributed by atoms with E-state index < -0.39 is 9.84 Å². The highest BCUT2D eigenvalue weighted by Gasteiger charge is 2.21. The van der Waals surface area contributed by atoms with E-state index in [-0.39, 0.29) is 5.75 Å². The van der Waals surface area contributed by atoms with Crippen molar-refractivity contribution in [3.63, 3.8) is 0 Å². The number of rotatable bonds is 4. The molecule has 1 heterocycles. The lowest BCUT2D eigenvalue weighted by atomic mass is 10.0. The molecule has 4 nitrogen and oxygen atoms in total. The minimum absolute atomic E-state index is 0.214. The maximum absolute atomic E-state index is 11.4. The molecule has 1 atom stereocenters. The zero-order chi connectivity index (χ0) is 13.9. The summed E-state index contributed by atoms with van der Waals surface area (Å²) in [6.45, 7) is 1.50. The molecule has 1 aliphatic heterocycles. The van der Waals surface area contributed by atoms with Crippen molar-refractivity contribution in [1.29, 1.82) is 0 Å². The summed E-state index contributed by atoms with van der Waals surface area (Å²) >= 11 is 0. The predicted molar refractivity (Wildman–Crippen MR) is 79.4 cm³/mol. The van der Waals surface area contributed by atoms with Crippen molar-refractivity contribution < 1.29 is 8.42 Å². The minimum atomic E-state index is -2.91. The van der Waals surface area contributed by atoms with Crippen LogP contribution < -0.4 is 10.2 Å². The first kappa shape index (κ1) is 14.3. The van der Waals surface area contributed by atoms with E-state index in [0.29, 0.717) is 12.6 Å². The lowest BCUT2D eigenvalue weighted by molar-refractivity contribution is 0.542. The summed E-state index contributed by atoms with van der Waals surface area (Å²) in [6, 6.07) is 8.65. The molecule has 1 aromatic rings. The van der Waals surface area contributed by atoms with Gasteiger partial charge in [0.25, 0.3) is 0 Å². The number of hydrogen-bond donors (Lipinski definition) is 1. The van der Waals surface area contributed by atoms with Gasteiger partial charge in [0.1, 0.15) is 9.84 Å². The van der Waals surface area contributed by atoms with Gasteiger partial charge in [-0.1, -0.05) is 18.2 Å². The summed E-state index contributed by atoms with van der Waals surface area (Å²) in [5.74, 6) is 0.214. The van der Waals surface area contributed by atoms with Gasteiger partial charge >= 0.3 is 0 Å². The van der Waals surface area contributed by atoms with Gasteiger partial charge in [0.2, 0.25) is 0 Å². The van der Waals surface area contributed by atoms with E-state index in [1.807, 2.05) is 19.2 Å². The van der Waals surface area contributed by atoms with Crippen LogP contribution >= 0.6 is 0 Å². The topological polar surface area (TPSA) is 49.4 Å². The largest absolute Gasteiger partial charge is 0.370 e. The van der Waals surface area contributed by atoms with Crippen LogP contribution in [-0.2, 0) is 9.84 Å². The van der Waals surface area contributed by atoms with Crippen LogP contribution in [0, 0.1) is 0 Å². The van der Waals surface area contributed by atoms with Gasteiger partial charge in [-0.3, -0.25) is 0 Å². The lowest BCUT2D eigenvalue weighted by Gasteiger charge is -2.25. The second kappa shape index (κ2) is 5.92. The van der Waals surface area contributed by atoms with Crippen LogP contribution in [0.2, 0.25) is 0 Å². The van der Waals surface area contributed by atoms with E-state index in [9.17, 15) is 8.42 Å². The van der Waals surface area contributed by atoms with Gasteiger partial charge in [-0.15, -0.1) is 0 Å². The Morgan fingerprint density at radius 2 is 2.11 bits per heavy atom. The first-order valence-corrected chi connectivity index (χ1v) is 8.76. The smallest absolute Gasteiger partial charge is 0.149 e. The van der Waals surface area contributed by atoms with Crippen LogP contribution in [0.15, 0.2) is 24.3 Å². The Balaban J connectivity index is 2.25. The van der Waals surface area contributed by atoms with Crippen molar-refractivity contribution in [2.75, 3.05) is 37.0 Å². The molecule has 2 rings (SSSR count). The molecule has 1 aromatic carbocycles. The van der Waals surface area contributed by atoms with Gasteiger partial charge in [-0.2, -0.15) is 0 Å². The highest BCUT2D eigenvalue weighted by molar-refractivity contribution is 7.90. The van der Waals surface area contributed by atoms with Crippen LogP contribution in [0.5, 0.6) is 0 Å². The monoisotopic (exact) mass is 282 g/mol. The molecular weight excluding hydrogens is 260 g/mol. The molecule has 0 amide bonds. The molecule has 0 bridgehead atoms. The van der Waals surface area contributed by atoms with E-state index >= 15 is 0 Å². The second-order valence-electron chi connectivity index (χ2n) is 5.16. The standard InChI is InChI=1S/C14H22N2O2S/c1-15-13-7-5-9-16(10-11-19(2,17)18)14-8-4-3-6-12(13)14/h3-4,6,8,13,15H,5,7,9-11H2,1-2H3. The molecule has 0 aromatic heterocycles. The van der Waals surface area contributed by atoms with Gasteiger partial charge in [-0.25, -0.2) is 8.42 Å². The van der Waals surface area contributed by atoms with Crippen LogP contribution in [0.1, 0.15) is 24.4 Å². The van der Waals surface area contributed by atoms with Gasteiger partial charge in [0, 0.05) is 31.1 Å². The summed E-state index contributed by atoms with van der Waals surface area (Å²) in [5.41, 5.74) is 2.44. The Labute approximate surface area is 115 Å². The average molecular weight is 282 g/mol. The van der Waals surface area contributed by atoms with E-state index in [0.717, 1.165) is 19.4 Å². The zero-order valence-electron chi connectivity index (χ0n) is 11.6. The summed E-state index contributed by atoms with van der Waals surface area (Å²) in [4.78, 5) is 2.20. The van der Waals surface area contributed by atoms with Crippen LogP contribution in [0.3, 0.4) is 0 Å². The molecule has 106 valence electrons. The Morgan fingerprint density at radius 1 is 1.37 bits per heavy atom. The Bertz CT molecular complexity index is 528. The molecule has 1 unspecified atom stereocenters. The summed E-state index contributed by atoms with van der Waals surface area (Å²) in [7, 11) is -0.935. The van der Waals surface area contributed by atoms with E-state index in [4.69, 9.17) is 0 Å². The van der Waals surface area contributed by atoms with Crippen LogP contribution in [-0.4, -0.2) is 40.6 Å². The molecule has 0 fully saturated rings. The molecule has 1 aliphatic rings. The quantitative estimate of drug-likeness (QED) is 0.911. The number of hydrogen-bond acceptors (Lipinski definition) is 4. The van der Waals surface area contributed by atoms with E-state index in [1.165, 1.54) is 17.5 Å². The minimum Gasteiger partial charge on any atom is -0.370 e. The average Bonchev–Trinajstić information content (AvgIpc) is 2.54. The van der Waals surface area contributed by atoms with E-state index in [1.54, 1.807) is 0 Å². The fourth-order valence-electron chi connectivity index (χ4n) is 2.64. The number of anilines is 1. The molecule has 5 heteroatoms. The lowest BCUT2D eigenvalue weighted by Crippen LogP contribution is -2.30. The van der Waals surface area contributed by atoms with Crippen molar-refractivity contribution in [2.45, 2.75) is 18.9 Å². The normalized spacial score (nSPS) is 19.9. The van der Waals surface area contributed by atoms with Crippen LogP contribution in [0.4, 0.5) is 5.69 Å². The molecule has 0 saturated heterocycles. The molecule has 1 N–H and O–H groups in total. The maximum Gasteiger partial charge on any atom is 0.149 e. The fraction of sp³-hybridized carbons (Fsp3) is 0.571. The van der Waals surface area contributed by atoms with Crippen molar-refractivity contribution in [2.24, 2.45) is 0 Å². The Morgan fingerprint density at radius 3 is 2.79 bits per heavy atom.